The Labute approximate surface area is 124 Å². The monoisotopic (exact) mass is 309 g/mol. The SMILES string of the molecule is O=C(COc1c(Cl)cccc1[N+](=O)[O-])c1ccccc1F. The van der Waals surface area contributed by atoms with E-state index in [0.717, 1.165) is 6.07 Å². The van der Waals surface area contributed by atoms with Crippen LogP contribution in [0.25, 0.3) is 0 Å². The van der Waals surface area contributed by atoms with Gasteiger partial charge in [-0.2, -0.15) is 0 Å². The van der Waals surface area contributed by atoms with Gasteiger partial charge in [-0.15, -0.1) is 0 Å². The van der Waals surface area contributed by atoms with Crippen molar-refractivity contribution in [2.24, 2.45) is 0 Å². The minimum Gasteiger partial charge on any atom is -0.477 e. The number of ether oxygens (including phenoxy) is 1. The van der Waals surface area contributed by atoms with Crippen molar-refractivity contribution in [1.82, 2.24) is 0 Å². The summed E-state index contributed by atoms with van der Waals surface area (Å²) in [5, 5.41) is 10.9. The molecule has 0 saturated heterocycles. The number of hydrogen-bond acceptors (Lipinski definition) is 4. The van der Waals surface area contributed by atoms with Gasteiger partial charge >= 0.3 is 5.69 Å². The van der Waals surface area contributed by atoms with Crippen molar-refractivity contribution in [3.05, 3.63) is 69.0 Å². The topological polar surface area (TPSA) is 69.4 Å². The number of Topliss-reactive ketones (excluding diaryl/α,β-unsaturated/α-hetero) is 1. The van der Waals surface area contributed by atoms with E-state index in [-0.39, 0.29) is 22.0 Å². The Morgan fingerprint density at radius 1 is 1.24 bits per heavy atom. The first kappa shape index (κ1) is 14.9. The molecule has 0 aliphatic rings. The highest BCUT2D eigenvalue weighted by Gasteiger charge is 2.20. The minimum atomic E-state index is -0.681. The average molecular weight is 310 g/mol. The number of carbonyl (C=O) groups is 1. The van der Waals surface area contributed by atoms with E-state index in [1.165, 1.54) is 36.4 Å². The molecule has 0 N–H and O–H groups in total. The molecular weight excluding hydrogens is 301 g/mol. The summed E-state index contributed by atoms with van der Waals surface area (Å²) in [6.45, 7) is -0.550. The number of nitro benzene ring substituents is 1. The standard InChI is InChI=1S/C14H9ClFNO4/c15-10-5-3-7-12(17(19)20)14(10)21-8-13(18)9-4-1-2-6-11(9)16/h1-7H,8H2. The molecule has 108 valence electrons. The van der Waals surface area contributed by atoms with E-state index < -0.39 is 23.1 Å². The van der Waals surface area contributed by atoms with E-state index in [1.54, 1.807) is 0 Å². The maximum Gasteiger partial charge on any atom is 0.312 e. The van der Waals surface area contributed by atoms with Gasteiger partial charge in [-0.25, -0.2) is 4.39 Å². The average Bonchev–Trinajstić information content (AvgIpc) is 2.45. The number of ketones is 1. The van der Waals surface area contributed by atoms with Crippen molar-refractivity contribution in [1.29, 1.82) is 0 Å². The van der Waals surface area contributed by atoms with Crippen LogP contribution in [-0.4, -0.2) is 17.3 Å². The van der Waals surface area contributed by atoms with Crippen molar-refractivity contribution in [3.8, 4) is 5.75 Å². The van der Waals surface area contributed by atoms with E-state index in [4.69, 9.17) is 16.3 Å². The van der Waals surface area contributed by atoms with Gasteiger partial charge in [0.1, 0.15) is 5.82 Å². The van der Waals surface area contributed by atoms with Gasteiger partial charge in [-0.3, -0.25) is 14.9 Å². The van der Waals surface area contributed by atoms with Crippen LogP contribution in [0.5, 0.6) is 5.75 Å². The fourth-order valence-electron chi connectivity index (χ4n) is 1.69. The zero-order chi connectivity index (χ0) is 15.4. The van der Waals surface area contributed by atoms with Gasteiger partial charge in [0.05, 0.1) is 15.5 Å². The molecule has 2 aromatic carbocycles. The van der Waals surface area contributed by atoms with Gasteiger partial charge in [0, 0.05) is 6.07 Å². The zero-order valence-corrected chi connectivity index (χ0v) is 11.3. The Hall–Kier alpha value is -2.47. The smallest absolute Gasteiger partial charge is 0.312 e. The number of halogens is 2. The van der Waals surface area contributed by atoms with Crippen molar-refractivity contribution in [2.75, 3.05) is 6.61 Å². The Kier molecular flexibility index (Phi) is 4.49. The highest BCUT2D eigenvalue weighted by molar-refractivity contribution is 6.32. The van der Waals surface area contributed by atoms with Crippen LogP contribution in [0.15, 0.2) is 42.5 Å². The number of benzene rings is 2. The first-order valence-electron chi connectivity index (χ1n) is 5.84. The number of carbonyl (C=O) groups excluding carboxylic acids is 1. The van der Waals surface area contributed by atoms with E-state index in [1.807, 2.05) is 0 Å². The quantitative estimate of drug-likeness (QED) is 0.480. The van der Waals surface area contributed by atoms with E-state index >= 15 is 0 Å². The molecular formula is C14H9ClFNO4. The molecule has 0 heterocycles. The highest BCUT2D eigenvalue weighted by atomic mass is 35.5. The molecule has 0 saturated carbocycles. The molecule has 0 atom stereocenters. The largest absolute Gasteiger partial charge is 0.477 e. The van der Waals surface area contributed by atoms with Gasteiger partial charge in [-0.05, 0) is 18.2 Å². The molecule has 0 radical (unpaired) electrons. The number of rotatable bonds is 5. The van der Waals surface area contributed by atoms with Crippen molar-refractivity contribution in [2.45, 2.75) is 0 Å². The molecule has 0 aliphatic carbocycles. The summed E-state index contributed by atoms with van der Waals surface area (Å²) in [7, 11) is 0. The van der Waals surface area contributed by atoms with Crippen LogP contribution < -0.4 is 4.74 Å². The van der Waals surface area contributed by atoms with Crippen LogP contribution in [0.3, 0.4) is 0 Å². The first-order chi connectivity index (χ1) is 10.0. The number of nitrogens with zero attached hydrogens (tertiary/aromatic N) is 1. The molecule has 0 fully saturated rings. The van der Waals surface area contributed by atoms with Crippen molar-refractivity contribution >= 4 is 23.1 Å². The van der Waals surface area contributed by atoms with Gasteiger partial charge in [-0.1, -0.05) is 29.8 Å². The lowest BCUT2D eigenvalue weighted by atomic mass is 10.1. The summed E-state index contributed by atoms with van der Waals surface area (Å²) in [5.41, 5.74) is -0.504. The number of hydrogen-bond donors (Lipinski definition) is 0. The summed E-state index contributed by atoms with van der Waals surface area (Å²) >= 11 is 5.82. The lowest BCUT2D eigenvalue weighted by Gasteiger charge is -2.08. The molecule has 21 heavy (non-hydrogen) atoms. The van der Waals surface area contributed by atoms with Gasteiger partial charge in [0.15, 0.2) is 6.61 Å². The second-order valence-electron chi connectivity index (χ2n) is 4.04. The normalized spacial score (nSPS) is 10.2. The van der Waals surface area contributed by atoms with Crippen LogP contribution in [0.4, 0.5) is 10.1 Å². The molecule has 7 heteroatoms. The van der Waals surface area contributed by atoms with Crippen LogP contribution >= 0.6 is 11.6 Å². The molecule has 0 bridgehead atoms. The lowest BCUT2D eigenvalue weighted by Crippen LogP contribution is -2.14. The summed E-state index contributed by atoms with van der Waals surface area (Å²) in [4.78, 5) is 22.0. The van der Waals surface area contributed by atoms with E-state index in [2.05, 4.69) is 0 Å². The number of nitro groups is 1. The second-order valence-corrected chi connectivity index (χ2v) is 4.44. The Balaban J connectivity index is 2.19. The van der Waals surface area contributed by atoms with E-state index in [9.17, 15) is 19.3 Å². The van der Waals surface area contributed by atoms with Crippen molar-refractivity contribution in [3.63, 3.8) is 0 Å². The fourth-order valence-corrected chi connectivity index (χ4v) is 1.91. The number of para-hydroxylation sites is 1. The third-order valence-corrected chi connectivity index (χ3v) is 2.96. The lowest BCUT2D eigenvalue weighted by molar-refractivity contribution is -0.385. The Morgan fingerprint density at radius 2 is 1.95 bits per heavy atom. The van der Waals surface area contributed by atoms with Gasteiger partial charge < -0.3 is 4.74 Å². The zero-order valence-electron chi connectivity index (χ0n) is 10.6. The summed E-state index contributed by atoms with van der Waals surface area (Å²) in [6.07, 6.45) is 0. The molecule has 0 spiro atoms. The molecule has 5 nitrogen and oxygen atoms in total. The maximum absolute atomic E-state index is 13.4. The summed E-state index contributed by atoms with van der Waals surface area (Å²) < 4.78 is 18.6. The molecule has 0 amide bonds. The van der Waals surface area contributed by atoms with Crippen LogP contribution in [-0.2, 0) is 0 Å². The minimum absolute atomic E-state index is 0.00512. The van der Waals surface area contributed by atoms with Gasteiger partial charge in [0.2, 0.25) is 11.5 Å². The molecule has 2 aromatic rings. The summed E-state index contributed by atoms with van der Waals surface area (Å²) in [6, 6.07) is 9.41. The molecule has 0 aromatic heterocycles. The third kappa shape index (κ3) is 3.35. The van der Waals surface area contributed by atoms with Crippen LogP contribution in [0, 0.1) is 15.9 Å². The predicted octanol–water partition coefficient (Wildman–Crippen LogP) is 3.65. The van der Waals surface area contributed by atoms with Crippen LogP contribution in [0.2, 0.25) is 5.02 Å². The predicted molar refractivity (Wildman–Crippen MR) is 74.3 cm³/mol. The Morgan fingerprint density at radius 3 is 2.62 bits per heavy atom. The fraction of sp³-hybridized carbons (Fsp3) is 0.0714. The molecule has 0 unspecified atom stereocenters. The highest BCUT2D eigenvalue weighted by Crippen LogP contribution is 2.34. The van der Waals surface area contributed by atoms with Crippen molar-refractivity contribution < 1.29 is 18.8 Å². The Bertz CT molecular complexity index is 705. The van der Waals surface area contributed by atoms with Crippen LogP contribution in [0.1, 0.15) is 10.4 Å². The molecule has 2 rings (SSSR count). The first-order valence-corrected chi connectivity index (χ1v) is 6.22. The third-order valence-electron chi connectivity index (χ3n) is 2.66. The maximum atomic E-state index is 13.4. The van der Waals surface area contributed by atoms with Gasteiger partial charge in [0.25, 0.3) is 0 Å². The summed E-state index contributed by atoms with van der Waals surface area (Å²) in [5.74, 6) is -1.53. The molecule has 0 aliphatic heterocycles. The van der Waals surface area contributed by atoms with E-state index in [0.29, 0.717) is 0 Å². The second kappa shape index (κ2) is 6.32.